The molecule has 1 aliphatic rings. The highest BCUT2D eigenvalue weighted by Gasteiger charge is 2.30. The van der Waals surface area contributed by atoms with E-state index in [0.717, 1.165) is 36.6 Å². The predicted octanol–water partition coefficient (Wildman–Crippen LogP) is 1.30. The Morgan fingerprint density at radius 2 is 2.24 bits per heavy atom. The summed E-state index contributed by atoms with van der Waals surface area (Å²) in [4.78, 5) is 26.8. The van der Waals surface area contributed by atoms with Crippen LogP contribution in [-0.2, 0) is 4.79 Å². The molecule has 1 saturated heterocycles. The minimum atomic E-state index is -0.303. The third kappa shape index (κ3) is 2.69. The minimum Gasteiger partial charge on any atom is -0.368 e. The maximum Gasteiger partial charge on any atom is 0.240 e. The highest BCUT2D eigenvalue weighted by Crippen LogP contribution is 2.26. The number of pyridine rings is 1. The van der Waals surface area contributed by atoms with Gasteiger partial charge in [-0.3, -0.25) is 9.78 Å². The highest BCUT2D eigenvalue weighted by atomic mass is 16.1. The van der Waals surface area contributed by atoms with Gasteiger partial charge in [0.1, 0.15) is 17.6 Å². The largest absolute Gasteiger partial charge is 0.368 e. The van der Waals surface area contributed by atoms with E-state index in [-0.39, 0.29) is 11.9 Å². The van der Waals surface area contributed by atoms with Crippen LogP contribution in [0.1, 0.15) is 18.5 Å². The number of rotatable bonds is 3. The van der Waals surface area contributed by atoms with Crippen LogP contribution >= 0.6 is 0 Å². The van der Waals surface area contributed by atoms with Gasteiger partial charge < -0.3 is 10.6 Å². The van der Waals surface area contributed by atoms with Crippen molar-refractivity contribution >= 4 is 11.7 Å². The van der Waals surface area contributed by atoms with Crippen LogP contribution in [-0.4, -0.2) is 33.4 Å². The Balaban J connectivity index is 2.00. The number of nitrogens with zero attached hydrogens (tertiary/aromatic N) is 4. The fraction of sp³-hybridized carbons (Fsp3) is 0.333. The number of carbonyl (C=O) groups is 1. The molecule has 6 heteroatoms. The first kappa shape index (κ1) is 13.5. The maximum absolute atomic E-state index is 11.5. The summed E-state index contributed by atoms with van der Waals surface area (Å²) >= 11 is 0. The molecule has 0 aromatic carbocycles. The number of nitrogens with two attached hydrogens (primary N) is 1. The van der Waals surface area contributed by atoms with Gasteiger partial charge in [0.25, 0.3) is 0 Å². The summed E-state index contributed by atoms with van der Waals surface area (Å²) in [5, 5.41) is 0. The molecule has 21 heavy (non-hydrogen) atoms. The van der Waals surface area contributed by atoms with Crippen molar-refractivity contribution in [3.05, 3.63) is 36.2 Å². The number of aromatic nitrogens is 3. The number of carbonyl (C=O) groups excluding carboxylic acids is 1. The molecule has 1 amide bonds. The lowest BCUT2D eigenvalue weighted by molar-refractivity contribution is -0.119. The zero-order valence-electron chi connectivity index (χ0n) is 11.9. The van der Waals surface area contributed by atoms with Crippen molar-refractivity contribution in [2.45, 2.75) is 25.8 Å². The van der Waals surface area contributed by atoms with E-state index in [1.807, 2.05) is 36.1 Å². The molecule has 1 fully saturated rings. The number of amides is 1. The van der Waals surface area contributed by atoms with Crippen molar-refractivity contribution < 1.29 is 4.79 Å². The van der Waals surface area contributed by atoms with Crippen LogP contribution in [0, 0.1) is 6.92 Å². The predicted molar refractivity (Wildman–Crippen MR) is 79.6 cm³/mol. The summed E-state index contributed by atoms with van der Waals surface area (Å²) in [7, 11) is 0. The van der Waals surface area contributed by atoms with Gasteiger partial charge in [0, 0.05) is 24.5 Å². The topological polar surface area (TPSA) is 85.0 Å². The molecule has 1 atom stereocenters. The molecule has 2 aromatic rings. The molecule has 3 heterocycles. The van der Waals surface area contributed by atoms with E-state index in [0.29, 0.717) is 5.82 Å². The fourth-order valence-electron chi connectivity index (χ4n) is 2.65. The molecule has 108 valence electrons. The van der Waals surface area contributed by atoms with Crippen molar-refractivity contribution in [3.8, 4) is 11.5 Å². The lowest BCUT2D eigenvalue weighted by Gasteiger charge is -2.23. The van der Waals surface area contributed by atoms with Gasteiger partial charge in [-0.05, 0) is 31.9 Å². The second-order valence-corrected chi connectivity index (χ2v) is 5.16. The van der Waals surface area contributed by atoms with Gasteiger partial charge in [-0.1, -0.05) is 6.07 Å². The first-order valence-electron chi connectivity index (χ1n) is 6.98. The Morgan fingerprint density at radius 1 is 1.38 bits per heavy atom. The van der Waals surface area contributed by atoms with Crippen LogP contribution in [0.25, 0.3) is 11.5 Å². The number of anilines is 1. The summed E-state index contributed by atoms with van der Waals surface area (Å²) in [5.41, 5.74) is 7.04. The molecule has 0 spiro atoms. The van der Waals surface area contributed by atoms with E-state index in [1.54, 1.807) is 6.20 Å². The Kier molecular flexibility index (Phi) is 3.51. The van der Waals surface area contributed by atoms with Crippen LogP contribution in [0.3, 0.4) is 0 Å². The zero-order valence-corrected chi connectivity index (χ0v) is 11.9. The average molecular weight is 283 g/mol. The zero-order chi connectivity index (χ0) is 14.8. The molecule has 0 aliphatic carbocycles. The number of hydrogen-bond acceptors (Lipinski definition) is 5. The third-order valence-corrected chi connectivity index (χ3v) is 3.61. The van der Waals surface area contributed by atoms with Gasteiger partial charge in [-0.25, -0.2) is 9.97 Å². The molecule has 0 saturated carbocycles. The van der Waals surface area contributed by atoms with Gasteiger partial charge in [-0.2, -0.15) is 0 Å². The number of hydrogen-bond donors (Lipinski definition) is 1. The normalized spacial score (nSPS) is 18.0. The summed E-state index contributed by atoms with van der Waals surface area (Å²) in [6.45, 7) is 2.69. The minimum absolute atomic E-state index is 0.282. The standard InChI is InChI=1S/C15H17N5O/c1-10-9-13(20-8-4-6-12(20)14(16)21)19-15(18-10)11-5-2-3-7-17-11/h2-3,5,7,9,12H,4,6,8H2,1H3,(H2,16,21). The smallest absolute Gasteiger partial charge is 0.240 e. The van der Waals surface area contributed by atoms with Crippen LogP contribution in [0.15, 0.2) is 30.5 Å². The molecule has 6 nitrogen and oxygen atoms in total. The molecular formula is C15H17N5O. The Labute approximate surface area is 123 Å². The van der Waals surface area contributed by atoms with Crippen molar-refractivity contribution in [2.75, 3.05) is 11.4 Å². The Hall–Kier alpha value is -2.50. The van der Waals surface area contributed by atoms with Crippen LogP contribution in [0.2, 0.25) is 0 Å². The second kappa shape index (κ2) is 5.47. The van der Waals surface area contributed by atoms with Crippen LogP contribution in [0.4, 0.5) is 5.82 Å². The van der Waals surface area contributed by atoms with E-state index in [4.69, 9.17) is 5.73 Å². The summed E-state index contributed by atoms with van der Waals surface area (Å²) < 4.78 is 0. The molecule has 0 bridgehead atoms. The molecule has 1 aliphatic heterocycles. The van der Waals surface area contributed by atoms with Crippen LogP contribution in [0.5, 0.6) is 0 Å². The first-order valence-corrected chi connectivity index (χ1v) is 6.98. The third-order valence-electron chi connectivity index (χ3n) is 3.61. The van der Waals surface area contributed by atoms with Crippen molar-refractivity contribution in [1.29, 1.82) is 0 Å². The van der Waals surface area contributed by atoms with E-state index in [1.165, 1.54) is 0 Å². The molecular weight excluding hydrogens is 266 g/mol. The van der Waals surface area contributed by atoms with E-state index in [2.05, 4.69) is 15.0 Å². The monoisotopic (exact) mass is 283 g/mol. The summed E-state index contributed by atoms with van der Waals surface area (Å²) in [5.74, 6) is 1.01. The second-order valence-electron chi connectivity index (χ2n) is 5.16. The number of aryl methyl sites for hydroxylation is 1. The van der Waals surface area contributed by atoms with Gasteiger partial charge in [0.15, 0.2) is 5.82 Å². The van der Waals surface area contributed by atoms with E-state index in [9.17, 15) is 4.79 Å². The Bertz CT molecular complexity index is 658. The molecule has 0 radical (unpaired) electrons. The first-order chi connectivity index (χ1) is 10.1. The van der Waals surface area contributed by atoms with Crippen molar-refractivity contribution in [1.82, 2.24) is 15.0 Å². The van der Waals surface area contributed by atoms with Gasteiger partial charge >= 0.3 is 0 Å². The SMILES string of the molecule is Cc1cc(N2CCCC2C(N)=O)nc(-c2ccccn2)n1. The highest BCUT2D eigenvalue weighted by molar-refractivity contribution is 5.84. The maximum atomic E-state index is 11.5. The lowest BCUT2D eigenvalue weighted by atomic mass is 10.2. The molecule has 3 rings (SSSR count). The van der Waals surface area contributed by atoms with Crippen molar-refractivity contribution in [2.24, 2.45) is 5.73 Å². The lowest BCUT2D eigenvalue weighted by Crippen LogP contribution is -2.40. The van der Waals surface area contributed by atoms with Gasteiger partial charge in [0.05, 0.1) is 0 Å². The van der Waals surface area contributed by atoms with Gasteiger partial charge in [0.2, 0.25) is 5.91 Å². The number of primary amides is 1. The summed E-state index contributed by atoms with van der Waals surface area (Å²) in [6, 6.07) is 7.22. The Morgan fingerprint density at radius 3 is 2.95 bits per heavy atom. The molecule has 2 N–H and O–H groups in total. The van der Waals surface area contributed by atoms with Crippen molar-refractivity contribution in [3.63, 3.8) is 0 Å². The average Bonchev–Trinajstić information content (AvgIpc) is 2.97. The summed E-state index contributed by atoms with van der Waals surface area (Å²) in [6.07, 6.45) is 3.43. The fourth-order valence-corrected chi connectivity index (χ4v) is 2.65. The molecule has 1 unspecified atom stereocenters. The van der Waals surface area contributed by atoms with Crippen LogP contribution < -0.4 is 10.6 Å². The quantitative estimate of drug-likeness (QED) is 0.917. The van der Waals surface area contributed by atoms with Gasteiger partial charge in [-0.15, -0.1) is 0 Å². The van der Waals surface area contributed by atoms with E-state index < -0.39 is 0 Å². The van der Waals surface area contributed by atoms with E-state index >= 15 is 0 Å². The molecule has 2 aromatic heterocycles.